The third-order valence-corrected chi connectivity index (χ3v) is 6.77. The molecule has 41 heavy (non-hydrogen) atoms. The van der Waals surface area contributed by atoms with Crippen molar-refractivity contribution in [1.29, 1.82) is 0 Å². The summed E-state index contributed by atoms with van der Waals surface area (Å²) >= 11 is 0.976. The van der Waals surface area contributed by atoms with Gasteiger partial charge in [0, 0.05) is 11.4 Å². The molecule has 0 aliphatic carbocycles. The van der Waals surface area contributed by atoms with Crippen LogP contribution in [0.2, 0.25) is 0 Å². The molecule has 1 aromatic heterocycles. The minimum atomic E-state index is -1.23. The lowest BCUT2D eigenvalue weighted by Gasteiger charge is -2.33. The number of nitrogens with zero attached hydrogens (tertiary/aromatic N) is 1. The molecule has 3 amide bonds. The highest BCUT2D eigenvalue weighted by atomic mass is 32.1. The fourth-order valence-corrected chi connectivity index (χ4v) is 5.19. The minimum absolute atomic E-state index is 0.0264. The van der Waals surface area contributed by atoms with E-state index in [-0.39, 0.29) is 36.7 Å². The Labute approximate surface area is 241 Å². The molecule has 0 saturated carbocycles. The molecule has 12 nitrogen and oxygen atoms in total. The van der Waals surface area contributed by atoms with Crippen LogP contribution in [0.15, 0.2) is 30.3 Å². The fourth-order valence-electron chi connectivity index (χ4n) is 3.98. The number of anilines is 1. The van der Waals surface area contributed by atoms with Gasteiger partial charge in [-0.15, -0.1) is 11.3 Å². The number of nitrogens with one attached hydrogen (secondary N) is 2. The molecular formula is C28H35N3O9S. The molecule has 222 valence electrons. The summed E-state index contributed by atoms with van der Waals surface area (Å²) in [4.78, 5) is 64.3. The number of esters is 2. The van der Waals surface area contributed by atoms with Crippen LogP contribution in [0.25, 0.3) is 0 Å². The maximum atomic E-state index is 13.3. The summed E-state index contributed by atoms with van der Waals surface area (Å²) < 4.78 is 15.9. The number of amides is 3. The van der Waals surface area contributed by atoms with Crippen molar-refractivity contribution in [3.8, 4) is 0 Å². The molecule has 2 heterocycles. The van der Waals surface area contributed by atoms with Gasteiger partial charge >= 0.3 is 30.0 Å². The van der Waals surface area contributed by atoms with E-state index in [2.05, 4.69) is 10.6 Å². The summed E-state index contributed by atoms with van der Waals surface area (Å²) in [6, 6.07) is 8.31. The molecule has 13 heteroatoms. The van der Waals surface area contributed by atoms with Crippen LogP contribution < -0.4 is 10.6 Å². The van der Waals surface area contributed by atoms with Gasteiger partial charge < -0.3 is 30.0 Å². The zero-order valence-corrected chi connectivity index (χ0v) is 24.7. The standard InChI is InChI=1S/C28H35N3O9S/c1-27(2,3)39-23(33)20-18-12-17(13-29-25(35)38-15-16-10-8-7-9-11-16)31(26(36)37)14-19(18)41-22(20)30-21(32)24(34)40-28(4,5)6/h7-11,17H,12-15H2,1-6H3,(H,29,35)(H,30,32)(H,36,37). The summed E-state index contributed by atoms with van der Waals surface area (Å²) in [6.45, 7) is 9.72. The number of carbonyl (C=O) groups excluding carboxylic acids is 4. The Bertz CT molecular complexity index is 1310. The lowest BCUT2D eigenvalue weighted by Crippen LogP contribution is -2.49. The van der Waals surface area contributed by atoms with E-state index in [1.54, 1.807) is 53.7 Å². The van der Waals surface area contributed by atoms with Crippen molar-refractivity contribution >= 4 is 46.4 Å². The Morgan fingerprint density at radius 1 is 1.00 bits per heavy atom. The molecular weight excluding hydrogens is 554 g/mol. The summed E-state index contributed by atoms with van der Waals surface area (Å²) in [6.07, 6.45) is -1.92. The molecule has 0 bridgehead atoms. The largest absolute Gasteiger partial charge is 0.465 e. The summed E-state index contributed by atoms with van der Waals surface area (Å²) in [7, 11) is 0. The predicted octanol–water partition coefficient (Wildman–Crippen LogP) is 4.31. The highest BCUT2D eigenvalue weighted by Crippen LogP contribution is 2.40. The quantitative estimate of drug-likeness (QED) is 0.253. The third kappa shape index (κ3) is 8.93. The number of hydrogen-bond donors (Lipinski definition) is 3. The van der Waals surface area contributed by atoms with Crippen LogP contribution in [0.5, 0.6) is 0 Å². The maximum Gasteiger partial charge on any atom is 0.407 e. The molecule has 0 spiro atoms. The van der Waals surface area contributed by atoms with Gasteiger partial charge in [0.05, 0.1) is 18.2 Å². The van der Waals surface area contributed by atoms with Gasteiger partial charge in [-0.25, -0.2) is 19.2 Å². The van der Waals surface area contributed by atoms with Crippen LogP contribution in [0.3, 0.4) is 0 Å². The van der Waals surface area contributed by atoms with Crippen molar-refractivity contribution in [3.63, 3.8) is 0 Å². The fraction of sp³-hybridized carbons (Fsp3) is 0.464. The van der Waals surface area contributed by atoms with Gasteiger partial charge in [-0.3, -0.25) is 9.69 Å². The van der Waals surface area contributed by atoms with E-state index in [1.807, 2.05) is 18.2 Å². The van der Waals surface area contributed by atoms with Crippen molar-refractivity contribution < 1.29 is 43.3 Å². The highest BCUT2D eigenvalue weighted by molar-refractivity contribution is 7.17. The van der Waals surface area contributed by atoms with Crippen molar-refractivity contribution in [2.24, 2.45) is 0 Å². The first kappa shape index (κ1) is 31.4. The number of hydrogen-bond acceptors (Lipinski definition) is 9. The van der Waals surface area contributed by atoms with Crippen molar-refractivity contribution in [3.05, 3.63) is 51.9 Å². The Balaban J connectivity index is 1.84. The number of rotatable bonds is 6. The van der Waals surface area contributed by atoms with E-state index in [4.69, 9.17) is 14.2 Å². The second-order valence-corrected chi connectivity index (χ2v) is 12.5. The van der Waals surface area contributed by atoms with E-state index in [0.29, 0.717) is 10.4 Å². The van der Waals surface area contributed by atoms with Gasteiger partial charge in [-0.2, -0.15) is 0 Å². The molecule has 1 unspecified atom stereocenters. The molecule has 0 fully saturated rings. The molecule has 1 aromatic carbocycles. The van der Waals surface area contributed by atoms with E-state index < -0.39 is 47.3 Å². The first-order chi connectivity index (χ1) is 19.0. The normalized spacial score (nSPS) is 14.9. The number of alkyl carbamates (subject to hydrolysis) is 1. The van der Waals surface area contributed by atoms with Crippen LogP contribution in [-0.4, -0.2) is 63.8 Å². The summed E-state index contributed by atoms with van der Waals surface area (Å²) in [5.74, 6) is -2.97. The van der Waals surface area contributed by atoms with Crippen LogP contribution in [0.1, 0.15) is 67.9 Å². The molecule has 2 aromatic rings. The Hall–Kier alpha value is -4.13. The number of ether oxygens (including phenoxy) is 3. The van der Waals surface area contributed by atoms with Crippen molar-refractivity contribution in [2.45, 2.75) is 78.4 Å². The lowest BCUT2D eigenvalue weighted by atomic mass is 9.96. The minimum Gasteiger partial charge on any atom is -0.465 e. The van der Waals surface area contributed by atoms with Crippen LogP contribution in [0, 0.1) is 0 Å². The van der Waals surface area contributed by atoms with Gasteiger partial charge in [0.2, 0.25) is 0 Å². The van der Waals surface area contributed by atoms with Gasteiger partial charge in [0.15, 0.2) is 0 Å². The van der Waals surface area contributed by atoms with E-state index in [9.17, 15) is 29.1 Å². The van der Waals surface area contributed by atoms with Gasteiger partial charge in [-0.1, -0.05) is 30.3 Å². The van der Waals surface area contributed by atoms with Gasteiger partial charge in [0.1, 0.15) is 22.8 Å². The average molecular weight is 590 g/mol. The molecule has 3 rings (SSSR count). The Morgan fingerprint density at radius 2 is 1.63 bits per heavy atom. The van der Waals surface area contributed by atoms with E-state index >= 15 is 0 Å². The van der Waals surface area contributed by atoms with Crippen molar-refractivity contribution in [1.82, 2.24) is 10.2 Å². The average Bonchev–Trinajstić information content (AvgIpc) is 3.20. The number of carbonyl (C=O) groups is 5. The zero-order chi connectivity index (χ0) is 30.5. The third-order valence-electron chi connectivity index (χ3n) is 5.64. The second kappa shape index (κ2) is 12.6. The molecule has 1 aliphatic rings. The maximum absolute atomic E-state index is 13.3. The first-order valence-corrected chi connectivity index (χ1v) is 13.7. The van der Waals surface area contributed by atoms with Crippen molar-refractivity contribution in [2.75, 3.05) is 11.9 Å². The van der Waals surface area contributed by atoms with E-state index in [1.165, 1.54) is 0 Å². The van der Waals surface area contributed by atoms with Crippen LogP contribution >= 0.6 is 11.3 Å². The number of thiophene rings is 1. The monoisotopic (exact) mass is 589 g/mol. The molecule has 1 atom stereocenters. The SMILES string of the molecule is CC(C)(C)OC(=O)C(=O)Nc1sc2c(c1C(=O)OC(C)(C)C)CC(CNC(=O)OCc1ccccc1)N(C(=O)O)C2. The number of carboxylic acid groups (broad SMARTS) is 1. The second-order valence-electron chi connectivity index (χ2n) is 11.4. The van der Waals surface area contributed by atoms with Crippen LogP contribution in [0.4, 0.5) is 14.6 Å². The molecule has 0 radical (unpaired) electrons. The molecule has 0 saturated heterocycles. The smallest absolute Gasteiger partial charge is 0.407 e. The Morgan fingerprint density at radius 3 is 2.22 bits per heavy atom. The number of fused-ring (bicyclic) bond motifs is 1. The first-order valence-electron chi connectivity index (χ1n) is 12.9. The van der Waals surface area contributed by atoms with Gasteiger partial charge in [0.25, 0.3) is 0 Å². The van der Waals surface area contributed by atoms with Gasteiger partial charge in [-0.05, 0) is 59.1 Å². The zero-order valence-electron chi connectivity index (χ0n) is 23.9. The van der Waals surface area contributed by atoms with Crippen LogP contribution in [-0.2, 0) is 43.4 Å². The topological polar surface area (TPSA) is 161 Å². The summed E-state index contributed by atoms with van der Waals surface area (Å²) in [5, 5.41) is 15.0. The lowest BCUT2D eigenvalue weighted by molar-refractivity contribution is -0.161. The predicted molar refractivity (Wildman–Crippen MR) is 150 cm³/mol. The summed E-state index contributed by atoms with van der Waals surface area (Å²) in [5.41, 5.74) is -0.506. The highest BCUT2D eigenvalue weighted by Gasteiger charge is 2.38. The molecule has 3 N–H and O–H groups in total. The molecule has 1 aliphatic heterocycles. The Kier molecular flexibility index (Phi) is 9.64. The van der Waals surface area contributed by atoms with E-state index in [0.717, 1.165) is 21.8 Å². The number of benzene rings is 1.